The predicted octanol–water partition coefficient (Wildman–Crippen LogP) is 2.88. The number of nitrogens with one attached hydrogen (secondary N) is 2. The zero-order valence-corrected chi connectivity index (χ0v) is 20.4. The number of morpholine rings is 1. The molecule has 35 heavy (non-hydrogen) atoms. The van der Waals surface area contributed by atoms with E-state index in [2.05, 4.69) is 42.3 Å². The van der Waals surface area contributed by atoms with E-state index in [1.54, 1.807) is 0 Å². The molecule has 5 rings (SSSR count). The molecule has 4 heterocycles. The molecule has 2 fully saturated rings. The van der Waals surface area contributed by atoms with Crippen molar-refractivity contribution in [3.8, 4) is 0 Å². The van der Waals surface area contributed by atoms with Crippen molar-refractivity contribution in [2.75, 3.05) is 75.8 Å². The summed E-state index contributed by atoms with van der Waals surface area (Å²) in [6, 6.07) is 14.2. The van der Waals surface area contributed by atoms with Gasteiger partial charge < -0.3 is 15.0 Å². The van der Waals surface area contributed by atoms with Crippen LogP contribution < -0.4 is 10.2 Å². The van der Waals surface area contributed by atoms with E-state index in [1.807, 2.05) is 49.4 Å². The highest BCUT2D eigenvalue weighted by molar-refractivity contribution is 5.69. The Labute approximate surface area is 206 Å². The van der Waals surface area contributed by atoms with Gasteiger partial charge in [0.1, 0.15) is 11.6 Å². The predicted molar refractivity (Wildman–Crippen MR) is 140 cm³/mol. The number of aromatic amines is 1. The second kappa shape index (κ2) is 11.4. The van der Waals surface area contributed by atoms with Gasteiger partial charge in [-0.05, 0) is 18.6 Å². The molecular formula is C26H34N8O. The van der Waals surface area contributed by atoms with Crippen molar-refractivity contribution in [3.05, 3.63) is 59.5 Å². The maximum atomic E-state index is 5.47. The smallest absolute Gasteiger partial charge is 0.156 e. The summed E-state index contributed by atoms with van der Waals surface area (Å²) < 4.78 is 5.47. The van der Waals surface area contributed by atoms with Crippen molar-refractivity contribution in [3.63, 3.8) is 0 Å². The van der Waals surface area contributed by atoms with Crippen LogP contribution in [0.15, 0.2) is 42.5 Å². The summed E-state index contributed by atoms with van der Waals surface area (Å²) in [6.45, 7) is 12.0. The highest BCUT2D eigenvalue weighted by Gasteiger charge is 2.20. The lowest BCUT2D eigenvalue weighted by Crippen LogP contribution is -2.49. The van der Waals surface area contributed by atoms with E-state index in [1.165, 1.54) is 0 Å². The second-order valence-corrected chi connectivity index (χ2v) is 9.06. The van der Waals surface area contributed by atoms with Crippen LogP contribution in [0.4, 0.5) is 17.5 Å². The van der Waals surface area contributed by atoms with E-state index in [0.29, 0.717) is 5.82 Å². The van der Waals surface area contributed by atoms with E-state index < -0.39 is 0 Å². The molecule has 0 saturated carbocycles. The number of anilines is 3. The van der Waals surface area contributed by atoms with Crippen LogP contribution >= 0.6 is 0 Å². The fraction of sp³-hybridized carbons (Fsp3) is 0.423. The molecule has 9 heteroatoms. The number of aromatic nitrogens is 4. The zero-order valence-electron chi connectivity index (χ0n) is 20.4. The standard InChI is InChI=1S/C26H34N8O/c1-21-19-25(31-30-21)28-24-20-26(29-23(27-24)8-7-22-5-3-2-4-6-22)34-13-11-32(12-14-34)9-10-33-15-17-35-18-16-33/h2-8,19-20H,9-18H2,1H3,(H2,27,28,29,30,31)/b8-7+. The Morgan fingerprint density at radius 1 is 0.886 bits per heavy atom. The molecule has 0 bridgehead atoms. The van der Waals surface area contributed by atoms with Gasteiger partial charge in [0.15, 0.2) is 11.6 Å². The molecule has 184 valence electrons. The molecule has 1 aromatic carbocycles. The largest absolute Gasteiger partial charge is 0.379 e. The van der Waals surface area contributed by atoms with E-state index in [0.717, 1.165) is 94.3 Å². The summed E-state index contributed by atoms with van der Waals surface area (Å²) in [6.07, 6.45) is 4.02. The fourth-order valence-electron chi connectivity index (χ4n) is 4.41. The van der Waals surface area contributed by atoms with Gasteiger partial charge in [0.2, 0.25) is 0 Å². The van der Waals surface area contributed by atoms with Crippen molar-refractivity contribution >= 4 is 29.6 Å². The monoisotopic (exact) mass is 474 g/mol. The molecule has 3 aromatic rings. The van der Waals surface area contributed by atoms with Crippen LogP contribution in [0, 0.1) is 6.92 Å². The lowest BCUT2D eigenvalue weighted by molar-refractivity contribution is 0.0331. The Kier molecular flexibility index (Phi) is 7.67. The van der Waals surface area contributed by atoms with Gasteiger partial charge in [-0.3, -0.25) is 14.9 Å². The average molecular weight is 475 g/mol. The van der Waals surface area contributed by atoms with E-state index in [4.69, 9.17) is 14.7 Å². The number of hydrogen-bond donors (Lipinski definition) is 2. The summed E-state index contributed by atoms with van der Waals surface area (Å²) in [4.78, 5) is 17.0. The number of ether oxygens (including phenoxy) is 1. The highest BCUT2D eigenvalue weighted by Crippen LogP contribution is 2.21. The van der Waals surface area contributed by atoms with Crippen molar-refractivity contribution in [2.24, 2.45) is 0 Å². The van der Waals surface area contributed by atoms with Gasteiger partial charge in [0.25, 0.3) is 0 Å². The molecule has 0 amide bonds. The second-order valence-electron chi connectivity index (χ2n) is 9.06. The van der Waals surface area contributed by atoms with Crippen LogP contribution in [0.25, 0.3) is 12.2 Å². The molecule has 9 nitrogen and oxygen atoms in total. The maximum Gasteiger partial charge on any atom is 0.156 e. The molecule has 0 unspecified atom stereocenters. The third kappa shape index (κ3) is 6.66. The Morgan fingerprint density at radius 2 is 1.63 bits per heavy atom. The Hall–Kier alpha value is -3.27. The number of H-pyrrole nitrogens is 1. The van der Waals surface area contributed by atoms with Gasteiger partial charge in [-0.2, -0.15) is 5.10 Å². The quantitative estimate of drug-likeness (QED) is 0.516. The first-order valence-corrected chi connectivity index (χ1v) is 12.4. The molecule has 0 aliphatic carbocycles. The number of hydrogen-bond acceptors (Lipinski definition) is 8. The third-order valence-electron chi connectivity index (χ3n) is 6.45. The van der Waals surface area contributed by atoms with E-state index >= 15 is 0 Å². The summed E-state index contributed by atoms with van der Waals surface area (Å²) in [5.41, 5.74) is 2.12. The van der Waals surface area contributed by atoms with E-state index in [-0.39, 0.29) is 0 Å². The molecule has 2 aliphatic heterocycles. The van der Waals surface area contributed by atoms with Gasteiger partial charge in [-0.25, -0.2) is 9.97 Å². The number of benzene rings is 1. The topological polar surface area (TPSA) is 85.4 Å². The molecule has 2 saturated heterocycles. The molecule has 2 aliphatic rings. The molecule has 0 radical (unpaired) electrons. The fourth-order valence-corrected chi connectivity index (χ4v) is 4.41. The van der Waals surface area contributed by atoms with Crippen LogP contribution in [0.1, 0.15) is 17.1 Å². The first-order chi connectivity index (χ1) is 17.2. The van der Waals surface area contributed by atoms with Gasteiger partial charge in [0.05, 0.1) is 13.2 Å². The minimum absolute atomic E-state index is 0.677. The van der Waals surface area contributed by atoms with Crippen LogP contribution in [0.2, 0.25) is 0 Å². The van der Waals surface area contributed by atoms with Crippen molar-refractivity contribution < 1.29 is 4.74 Å². The van der Waals surface area contributed by atoms with Crippen LogP contribution in [-0.2, 0) is 4.74 Å². The summed E-state index contributed by atoms with van der Waals surface area (Å²) >= 11 is 0. The summed E-state index contributed by atoms with van der Waals surface area (Å²) in [5.74, 6) is 3.10. The average Bonchev–Trinajstić information content (AvgIpc) is 3.32. The minimum atomic E-state index is 0.677. The Balaban J connectivity index is 1.27. The van der Waals surface area contributed by atoms with Gasteiger partial charge in [-0.15, -0.1) is 0 Å². The summed E-state index contributed by atoms with van der Waals surface area (Å²) in [5, 5.41) is 10.6. The highest BCUT2D eigenvalue weighted by atomic mass is 16.5. The van der Waals surface area contributed by atoms with Crippen LogP contribution in [0.5, 0.6) is 0 Å². The Morgan fingerprint density at radius 3 is 2.34 bits per heavy atom. The maximum absolute atomic E-state index is 5.47. The van der Waals surface area contributed by atoms with Gasteiger partial charge in [0, 0.05) is 70.2 Å². The minimum Gasteiger partial charge on any atom is -0.379 e. The van der Waals surface area contributed by atoms with Crippen molar-refractivity contribution in [1.82, 2.24) is 30.0 Å². The number of piperazine rings is 1. The zero-order chi connectivity index (χ0) is 23.9. The van der Waals surface area contributed by atoms with Crippen molar-refractivity contribution in [1.29, 1.82) is 0 Å². The van der Waals surface area contributed by atoms with Crippen LogP contribution in [-0.4, -0.2) is 95.5 Å². The first kappa shape index (κ1) is 23.5. The molecule has 0 spiro atoms. The Bertz CT molecular complexity index is 1100. The van der Waals surface area contributed by atoms with E-state index in [9.17, 15) is 0 Å². The summed E-state index contributed by atoms with van der Waals surface area (Å²) in [7, 11) is 0. The lowest BCUT2D eigenvalue weighted by atomic mass is 10.2. The normalized spacial score (nSPS) is 17.8. The number of rotatable bonds is 8. The first-order valence-electron chi connectivity index (χ1n) is 12.4. The SMILES string of the molecule is Cc1cc(Nc2cc(N3CCN(CCN4CCOCC4)CC3)nc(/C=C/c3ccccc3)n2)n[nH]1. The molecular weight excluding hydrogens is 440 g/mol. The van der Waals surface area contributed by atoms with Gasteiger partial charge in [-0.1, -0.05) is 36.4 Å². The van der Waals surface area contributed by atoms with Gasteiger partial charge >= 0.3 is 0 Å². The third-order valence-corrected chi connectivity index (χ3v) is 6.45. The number of aryl methyl sites for hydroxylation is 1. The van der Waals surface area contributed by atoms with Crippen molar-refractivity contribution in [2.45, 2.75) is 6.92 Å². The molecule has 2 aromatic heterocycles. The number of nitrogens with zero attached hydrogens (tertiary/aromatic N) is 6. The molecule has 2 N–H and O–H groups in total. The van der Waals surface area contributed by atoms with Crippen LogP contribution in [0.3, 0.4) is 0 Å². The lowest BCUT2D eigenvalue weighted by Gasteiger charge is -2.37. The molecule has 0 atom stereocenters.